The second-order valence-corrected chi connectivity index (χ2v) is 4.49. The van der Waals surface area contributed by atoms with Crippen LogP contribution in [0.5, 0.6) is 11.5 Å². The SMILES string of the molecule is CNCc1cncc(Oc2cc(C)c([N+](=O)[O-])cc2F)c1. The molecule has 0 aliphatic carbocycles. The van der Waals surface area contributed by atoms with Crippen LogP contribution in [-0.2, 0) is 6.54 Å². The summed E-state index contributed by atoms with van der Waals surface area (Å²) in [6, 6.07) is 3.88. The molecule has 1 N–H and O–H groups in total. The first-order valence-electron chi connectivity index (χ1n) is 6.22. The van der Waals surface area contributed by atoms with E-state index in [2.05, 4.69) is 10.3 Å². The number of hydrogen-bond acceptors (Lipinski definition) is 5. The van der Waals surface area contributed by atoms with E-state index in [9.17, 15) is 14.5 Å². The van der Waals surface area contributed by atoms with E-state index in [1.165, 1.54) is 19.2 Å². The molecular formula is C14H14FN3O3. The van der Waals surface area contributed by atoms with Crippen molar-refractivity contribution in [1.29, 1.82) is 0 Å². The lowest BCUT2D eigenvalue weighted by Crippen LogP contribution is -2.05. The van der Waals surface area contributed by atoms with Gasteiger partial charge in [0.2, 0.25) is 0 Å². The molecule has 110 valence electrons. The Morgan fingerprint density at radius 1 is 1.38 bits per heavy atom. The van der Waals surface area contributed by atoms with Crippen LogP contribution < -0.4 is 10.1 Å². The summed E-state index contributed by atoms with van der Waals surface area (Å²) in [6.07, 6.45) is 3.12. The molecule has 21 heavy (non-hydrogen) atoms. The van der Waals surface area contributed by atoms with Crippen LogP contribution in [0.1, 0.15) is 11.1 Å². The highest BCUT2D eigenvalue weighted by molar-refractivity contribution is 5.46. The Balaban J connectivity index is 2.29. The van der Waals surface area contributed by atoms with Crippen LogP contribution in [0.4, 0.5) is 10.1 Å². The number of nitro benzene ring substituents is 1. The van der Waals surface area contributed by atoms with Crippen molar-refractivity contribution in [1.82, 2.24) is 10.3 Å². The summed E-state index contributed by atoms with van der Waals surface area (Å²) in [5, 5.41) is 13.7. The van der Waals surface area contributed by atoms with Crippen LogP contribution in [-0.4, -0.2) is 17.0 Å². The maximum absolute atomic E-state index is 13.9. The van der Waals surface area contributed by atoms with Crippen LogP contribution in [0.25, 0.3) is 0 Å². The molecule has 0 atom stereocenters. The summed E-state index contributed by atoms with van der Waals surface area (Å²) < 4.78 is 19.3. The molecule has 0 unspecified atom stereocenters. The molecule has 0 saturated heterocycles. The number of rotatable bonds is 5. The van der Waals surface area contributed by atoms with Crippen LogP contribution in [0.2, 0.25) is 0 Å². The van der Waals surface area contributed by atoms with Crippen LogP contribution in [0.3, 0.4) is 0 Å². The topological polar surface area (TPSA) is 77.3 Å². The van der Waals surface area contributed by atoms with Gasteiger partial charge in [0.05, 0.1) is 17.2 Å². The molecule has 6 nitrogen and oxygen atoms in total. The second kappa shape index (κ2) is 6.27. The molecule has 0 spiro atoms. The van der Waals surface area contributed by atoms with Crippen molar-refractivity contribution in [3.63, 3.8) is 0 Å². The van der Waals surface area contributed by atoms with E-state index < -0.39 is 10.7 Å². The third-order valence-corrected chi connectivity index (χ3v) is 2.83. The third kappa shape index (κ3) is 3.51. The average Bonchev–Trinajstić information content (AvgIpc) is 2.43. The van der Waals surface area contributed by atoms with E-state index in [4.69, 9.17) is 4.74 Å². The summed E-state index contributed by atoms with van der Waals surface area (Å²) in [5.74, 6) is -0.484. The second-order valence-electron chi connectivity index (χ2n) is 4.49. The monoisotopic (exact) mass is 291 g/mol. The van der Waals surface area contributed by atoms with Crippen molar-refractivity contribution in [3.05, 3.63) is 57.7 Å². The fourth-order valence-electron chi connectivity index (χ4n) is 1.87. The zero-order chi connectivity index (χ0) is 15.4. The standard InChI is InChI=1S/C14H14FN3O3/c1-9-3-14(12(15)5-13(9)18(19)20)21-11-4-10(6-16-2)7-17-8-11/h3-5,7-8,16H,6H2,1-2H3. The maximum atomic E-state index is 13.9. The summed E-state index contributed by atoms with van der Waals surface area (Å²) in [6.45, 7) is 2.13. The van der Waals surface area contributed by atoms with Gasteiger partial charge in [-0.05, 0) is 31.7 Å². The predicted octanol–water partition coefficient (Wildman–Crippen LogP) is 2.95. The van der Waals surface area contributed by atoms with Crippen molar-refractivity contribution in [2.75, 3.05) is 7.05 Å². The summed E-state index contributed by atoms with van der Waals surface area (Å²) in [5.41, 5.74) is 0.937. The van der Waals surface area contributed by atoms with Gasteiger partial charge in [0.1, 0.15) is 5.75 Å². The van der Waals surface area contributed by atoms with E-state index in [1.807, 2.05) is 0 Å². The lowest BCUT2D eigenvalue weighted by Gasteiger charge is -2.09. The summed E-state index contributed by atoms with van der Waals surface area (Å²) in [7, 11) is 1.80. The minimum absolute atomic E-state index is 0.0680. The molecule has 0 fully saturated rings. The van der Waals surface area contributed by atoms with Crippen LogP contribution in [0.15, 0.2) is 30.6 Å². The van der Waals surface area contributed by atoms with Gasteiger partial charge in [-0.1, -0.05) is 0 Å². The van der Waals surface area contributed by atoms with Gasteiger partial charge in [0.25, 0.3) is 5.69 Å². The van der Waals surface area contributed by atoms with Crippen molar-refractivity contribution in [2.24, 2.45) is 0 Å². The van der Waals surface area contributed by atoms with Gasteiger partial charge in [0, 0.05) is 18.3 Å². The highest BCUT2D eigenvalue weighted by atomic mass is 19.1. The number of ether oxygens (including phenoxy) is 1. The number of aromatic nitrogens is 1. The number of nitrogens with one attached hydrogen (secondary N) is 1. The molecule has 7 heteroatoms. The number of pyridine rings is 1. The minimum Gasteiger partial charge on any atom is -0.453 e. The Bertz CT molecular complexity index is 677. The van der Waals surface area contributed by atoms with Gasteiger partial charge in [0.15, 0.2) is 11.6 Å². The van der Waals surface area contributed by atoms with E-state index >= 15 is 0 Å². The fraction of sp³-hybridized carbons (Fsp3) is 0.214. The first-order chi connectivity index (χ1) is 10.0. The molecule has 1 heterocycles. The lowest BCUT2D eigenvalue weighted by molar-refractivity contribution is -0.385. The van der Waals surface area contributed by atoms with E-state index in [0.29, 0.717) is 17.9 Å². The lowest BCUT2D eigenvalue weighted by atomic mass is 10.2. The number of nitrogens with zero attached hydrogens (tertiary/aromatic N) is 2. The zero-order valence-electron chi connectivity index (χ0n) is 11.6. The van der Waals surface area contributed by atoms with E-state index in [1.54, 1.807) is 19.3 Å². The van der Waals surface area contributed by atoms with Crippen molar-refractivity contribution in [2.45, 2.75) is 13.5 Å². The molecule has 0 saturated carbocycles. The maximum Gasteiger partial charge on any atom is 0.275 e. The van der Waals surface area contributed by atoms with Gasteiger partial charge in [-0.3, -0.25) is 15.1 Å². The predicted molar refractivity (Wildman–Crippen MR) is 74.9 cm³/mol. The van der Waals surface area contributed by atoms with Crippen molar-refractivity contribution in [3.8, 4) is 11.5 Å². The van der Waals surface area contributed by atoms with Crippen molar-refractivity contribution >= 4 is 5.69 Å². The quantitative estimate of drug-likeness (QED) is 0.677. The molecule has 0 aliphatic rings. The van der Waals surface area contributed by atoms with Gasteiger partial charge in [-0.25, -0.2) is 4.39 Å². The Kier molecular flexibility index (Phi) is 4.44. The molecule has 2 aromatic rings. The Hall–Kier alpha value is -2.54. The normalized spacial score (nSPS) is 10.4. The minimum atomic E-state index is -0.786. The van der Waals surface area contributed by atoms with Gasteiger partial charge >= 0.3 is 0 Å². The molecule has 0 radical (unpaired) electrons. The number of benzene rings is 1. The molecular weight excluding hydrogens is 277 g/mol. The Morgan fingerprint density at radius 2 is 2.14 bits per heavy atom. The molecule has 1 aromatic carbocycles. The Labute approximate surface area is 120 Å². The fourth-order valence-corrected chi connectivity index (χ4v) is 1.87. The smallest absolute Gasteiger partial charge is 0.275 e. The summed E-state index contributed by atoms with van der Waals surface area (Å²) >= 11 is 0. The molecule has 0 aliphatic heterocycles. The van der Waals surface area contributed by atoms with Gasteiger partial charge in [-0.15, -0.1) is 0 Å². The van der Waals surface area contributed by atoms with E-state index in [-0.39, 0.29) is 11.4 Å². The highest BCUT2D eigenvalue weighted by Gasteiger charge is 2.16. The molecule has 1 aromatic heterocycles. The van der Waals surface area contributed by atoms with E-state index in [0.717, 1.165) is 11.6 Å². The third-order valence-electron chi connectivity index (χ3n) is 2.83. The zero-order valence-corrected chi connectivity index (χ0v) is 11.6. The average molecular weight is 291 g/mol. The highest BCUT2D eigenvalue weighted by Crippen LogP contribution is 2.30. The van der Waals surface area contributed by atoms with Gasteiger partial charge in [-0.2, -0.15) is 0 Å². The largest absolute Gasteiger partial charge is 0.453 e. The van der Waals surface area contributed by atoms with Gasteiger partial charge < -0.3 is 10.1 Å². The Morgan fingerprint density at radius 3 is 2.81 bits per heavy atom. The number of hydrogen-bond donors (Lipinski definition) is 1. The van der Waals surface area contributed by atoms with Crippen LogP contribution >= 0.6 is 0 Å². The first kappa shape index (κ1) is 14.9. The van der Waals surface area contributed by atoms with Crippen LogP contribution in [0, 0.1) is 22.9 Å². The molecule has 0 bridgehead atoms. The number of halogens is 1. The summed E-state index contributed by atoms with van der Waals surface area (Å²) in [4.78, 5) is 14.1. The van der Waals surface area contributed by atoms with Crippen molar-refractivity contribution < 1.29 is 14.1 Å². The molecule has 2 rings (SSSR count). The number of aryl methyl sites for hydroxylation is 1. The molecule has 0 amide bonds. The first-order valence-corrected chi connectivity index (χ1v) is 6.22. The number of nitro groups is 1.